The number of aliphatic hydroxyl groups excluding tert-OH is 1. The average molecular weight is 542 g/mol. The number of aryl methyl sites for hydroxylation is 1. The third-order valence-corrected chi connectivity index (χ3v) is 8.65. The number of amides is 2. The number of carbonyl (C=O) groups is 3. The number of nitrogens with one attached hydrogen (secondary N) is 1. The fourth-order valence-electron chi connectivity index (χ4n) is 4.99. The predicted molar refractivity (Wildman–Crippen MR) is 152 cm³/mol. The van der Waals surface area contributed by atoms with Crippen LogP contribution < -0.4 is 5.32 Å². The lowest BCUT2D eigenvalue weighted by Gasteiger charge is -2.31. The highest BCUT2D eigenvalue weighted by atomic mass is 32.1. The second-order valence-electron chi connectivity index (χ2n) is 11.2. The Morgan fingerprint density at radius 2 is 1.84 bits per heavy atom. The number of Topliss-reactive ketones (excluding diaryl/α,β-unsaturated/α-hetero) is 1. The van der Waals surface area contributed by atoms with Gasteiger partial charge in [0.15, 0.2) is 5.78 Å². The zero-order valence-corrected chi connectivity index (χ0v) is 24.4. The number of thiazole rings is 1. The summed E-state index contributed by atoms with van der Waals surface area (Å²) in [5.74, 6) is -0.203. The lowest BCUT2D eigenvalue weighted by atomic mass is 9.91. The van der Waals surface area contributed by atoms with Crippen molar-refractivity contribution in [2.75, 3.05) is 6.54 Å². The van der Waals surface area contributed by atoms with Gasteiger partial charge in [0.25, 0.3) is 0 Å². The van der Waals surface area contributed by atoms with Crippen LogP contribution in [-0.2, 0) is 14.4 Å². The Bertz CT molecular complexity index is 1100. The average Bonchev–Trinajstić information content (AvgIpc) is 3.50. The molecule has 2 aromatic rings. The van der Waals surface area contributed by atoms with Crippen molar-refractivity contribution in [3.8, 4) is 10.4 Å². The van der Waals surface area contributed by atoms with E-state index in [1.165, 1.54) is 4.90 Å². The molecule has 208 valence electrons. The van der Waals surface area contributed by atoms with E-state index in [0.29, 0.717) is 18.8 Å². The van der Waals surface area contributed by atoms with Gasteiger partial charge in [-0.2, -0.15) is 0 Å². The van der Waals surface area contributed by atoms with E-state index in [-0.39, 0.29) is 48.8 Å². The van der Waals surface area contributed by atoms with Crippen LogP contribution in [0.1, 0.15) is 83.9 Å². The van der Waals surface area contributed by atoms with Crippen LogP contribution in [0.25, 0.3) is 10.4 Å². The van der Waals surface area contributed by atoms with Crippen molar-refractivity contribution in [2.24, 2.45) is 11.8 Å². The number of carbonyl (C=O) groups excluding carboxylic acids is 3. The van der Waals surface area contributed by atoms with E-state index in [0.717, 1.165) is 28.1 Å². The molecule has 2 N–H and O–H groups in total. The first-order valence-corrected chi connectivity index (χ1v) is 14.7. The molecule has 38 heavy (non-hydrogen) atoms. The Morgan fingerprint density at radius 3 is 2.42 bits per heavy atom. The maximum Gasteiger partial charge on any atom is 0.246 e. The van der Waals surface area contributed by atoms with Gasteiger partial charge in [-0.25, -0.2) is 4.98 Å². The van der Waals surface area contributed by atoms with Crippen LogP contribution in [0.3, 0.4) is 0 Å². The lowest BCUT2D eigenvalue weighted by molar-refractivity contribution is -0.142. The summed E-state index contributed by atoms with van der Waals surface area (Å²) in [4.78, 5) is 46.7. The molecule has 1 fully saturated rings. The van der Waals surface area contributed by atoms with Gasteiger partial charge in [-0.3, -0.25) is 14.4 Å². The van der Waals surface area contributed by atoms with Crippen LogP contribution >= 0.6 is 11.3 Å². The van der Waals surface area contributed by atoms with Crippen LogP contribution in [0.15, 0.2) is 29.8 Å². The number of benzene rings is 1. The summed E-state index contributed by atoms with van der Waals surface area (Å²) in [6.07, 6.45) is 1.58. The maximum atomic E-state index is 13.7. The molecule has 0 bridgehead atoms. The highest BCUT2D eigenvalue weighted by molar-refractivity contribution is 7.13. The Kier molecular flexibility index (Phi) is 10.6. The molecule has 2 amide bonds. The zero-order chi connectivity index (χ0) is 28.0. The Morgan fingerprint density at radius 1 is 1.16 bits per heavy atom. The van der Waals surface area contributed by atoms with Crippen molar-refractivity contribution in [1.82, 2.24) is 15.2 Å². The molecule has 3 rings (SSSR count). The monoisotopic (exact) mass is 541 g/mol. The first-order valence-electron chi connectivity index (χ1n) is 13.8. The lowest BCUT2D eigenvalue weighted by Crippen LogP contribution is -2.54. The number of β-amino-alcohol motifs (C(OH)–C–C–N with tert-alkyl or cyclic N) is 1. The van der Waals surface area contributed by atoms with Gasteiger partial charge in [0, 0.05) is 25.8 Å². The third-order valence-electron chi connectivity index (χ3n) is 7.67. The summed E-state index contributed by atoms with van der Waals surface area (Å²) in [5, 5.41) is 13.4. The van der Waals surface area contributed by atoms with Crippen molar-refractivity contribution in [3.63, 3.8) is 0 Å². The summed E-state index contributed by atoms with van der Waals surface area (Å²) >= 11 is 1.61. The molecule has 7 nitrogen and oxygen atoms in total. The van der Waals surface area contributed by atoms with Gasteiger partial charge >= 0.3 is 0 Å². The minimum Gasteiger partial charge on any atom is -0.391 e. The van der Waals surface area contributed by atoms with E-state index >= 15 is 0 Å². The standard InChI is InChI=1S/C30H43N3O4S/c1-7-19(4)28(32-27(36)13-8-18(2)3)30(37)33-16-24(34)15-25(33)26(35)14-20(5)22-9-11-23(12-10-22)29-21(6)31-17-38-29/h9-12,17-20,24-25,28,34H,7-8,13-16H2,1-6H3,(H,32,36)/t19-,20+,24+,25-,28?/m0/s1. The zero-order valence-electron chi connectivity index (χ0n) is 23.6. The first-order chi connectivity index (χ1) is 18.0. The Hall–Kier alpha value is -2.58. The van der Waals surface area contributed by atoms with Gasteiger partial charge in [0.05, 0.1) is 28.2 Å². The number of likely N-dealkylation sites (tertiary alicyclic amines) is 1. The normalized spacial score (nSPS) is 19.8. The molecule has 1 aliphatic rings. The van der Waals surface area contributed by atoms with Crippen LogP contribution in [0.2, 0.25) is 0 Å². The number of ketones is 1. The Balaban J connectivity index is 1.69. The number of hydrogen-bond acceptors (Lipinski definition) is 6. The fraction of sp³-hybridized carbons (Fsp3) is 0.600. The SMILES string of the molecule is CC[C@H](C)C(NC(=O)CCC(C)C)C(=O)N1C[C@H](O)C[C@H]1C(=O)C[C@@H](C)c1ccc(-c2scnc2C)cc1. The predicted octanol–water partition coefficient (Wildman–Crippen LogP) is 5.11. The summed E-state index contributed by atoms with van der Waals surface area (Å²) in [6.45, 7) is 12.2. The van der Waals surface area contributed by atoms with Gasteiger partial charge in [-0.1, -0.05) is 65.3 Å². The minimum atomic E-state index is -0.751. The van der Waals surface area contributed by atoms with E-state index in [1.807, 2.05) is 45.3 Å². The summed E-state index contributed by atoms with van der Waals surface area (Å²) in [5.41, 5.74) is 5.00. The number of aromatic nitrogens is 1. The van der Waals surface area contributed by atoms with Crippen molar-refractivity contribution < 1.29 is 19.5 Å². The number of nitrogens with zero attached hydrogens (tertiary/aromatic N) is 2. The molecule has 1 aromatic heterocycles. The van der Waals surface area contributed by atoms with Gasteiger partial charge in [-0.15, -0.1) is 11.3 Å². The molecule has 8 heteroatoms. The van der Waals surface area contributed by atoms with Gasteiger partial charge in [0.1, 0.15) is 6.04 Å². The van der Waals surface area contributed by atoms with Crippen molar-refractivity contribution >= 4 is 28.9 Å². The molecule has 1 aliphatic heterocycles. The van der Waals surface area contributed by atoms with E-state index < -0.39 is 18.2 Å². The van der Waals surface area contributed by atoms with Crippen LogP contribution in [-0.4, -0.2) is 57.3 Å². The largest absolute Gasteiger partial charge is 0.391 e. The molecule has 2 heterocycles. The molecular formula is C30H43N3O4S. The highest BCUT2D eigenvalue weighted by Crippen LogP contribution is 2.31. The van der Waals surface area contributed by atoms with Crippen molar-refractivity contribution in [3.05, 3.63) is 41.0 Å². The second kappa shape index (κ2) is 13.5. The topological polar surface area (TPSA) is 99.6 Å². The van der Waals surface area contributed by atoms with E-state index in [1.54, 1.807) is 11.3 Å². The smallest absolute Gasteiger partial charge is 0.246 e. The molecule has 1 aromatic carbocycles. The third kappa shape index (κ3) is 7.50. The Labute approximate surface area is 231 Å². The molecule has 1 saturated heterocycles. The van der Waals surface area contributed by atoms with Crippen molar-refractivity contribution in [2.45, 2.75) is 97.8 Å². The summed E-state index contributed by atoms with van der Waals surface area (Å²) < 4.78 is 0. The van der Waals surface area contributed by atoms with Gasteiger partial charge < -0.3 is 15.3 Å². The summed E-state index contributed by atoms with van der Waals surface area (Å²) in [7, 11) is 0. The van der Waals surface area contributed by atoms with Crippen LogP contribution in [0.5, 0.6) is 0 Å². The number of aliphatic hydroxyl groups is 1. The van der Waals surface area contributed by atoms with Gasteiger partial charge in [-0.05, 0) is 42.2 Å². The number of rotatable bonds is 12. The molecule has 0 spiro atoms. The molecule has 1 unspecified atom stereocenters. The second-order valence-corrected chi connectivity index (χ2v) is 12.1. The minimum absolute atomic E-state index is 0.0325. The molecule has 0 saturated carbocycles. The molecular weight excluding hydrogens is 498 g/mol. The van der Waals surface area contributed by atoms with Crippen molar-refractivity contribution in [1.29, 1.82) is 0 Å². The first kappa shape index (κ1) is 30.0. The van der Waals surface area contributed by atoms with E-state index in [9.17, 15) is 19.5 Å². The summed E-state index contributed by atoms with van der Waals surface area (Å²) in [6, 6.07) is 6.82. The van der Waals surface area contributed by atoms with E-state index in [4.69, 9.17) is 0 Å². The van der Waals surface area contributed by atoms with Gasteiger partial charge in [0.2, 0.25) is 11.8 Å². The highest BCUT2D eigenvalue weighted by Gasteiger charge is 2.42. The van der Waals surface area contributed by atoms with Crippen LogP contribution in [0.4, 0.5) is 0 Å². The molecule has 0 radical (unpaired) electrons. The number of hydrogen-bond donors (Lipinski definition) is 2. The van der Waals surface area contributed by atoms with E-state index in [2.05, 4.69) is 36.3 Å². The molecule has 0 aliphatic carbocycles. The fourth-order valence-corrected chi connectivity index (χ4v) is 5.80. The maximum absolute atomic E-state index is 13.7. The quantitative estimate of drug-likeness (QED) is 0.389. The molecule has 5 atom stereocenters. The van der Waals surface area contributed by atoms with Crippen LogP contribution in [0, 0.1) is 18.8 Å².